The third kappa shape index (κ3) is 5.72. The van der Waals surface area contributed by atoms with Crippen molar-refractivity contribution in [1.82, 2.24) is 4.57 Å². The maximum Gasteiger partial charge on any atom is 0.338 e. The van der Waals surface area contributed by atoms with Crippen LogP contribution < -0.4 is 24.4 Å². The van der Waals surface area contributed by atoms with E-state index in [1.54, 1.807) is 44.4 Å². The third-order valence-electron chi connectivity index (χ3n) is 7.88. The van der Waals surface area contributed by atoms with Crippen molar-refractivity contribution in [1.29, 1.82) is 0 Å². The summed E-state index contributed by atoms with van der Waals surface area (Å²) >= 11 is 1.17. The highest BCUT2D eigenvalue weighted by molar-refractivity contribution is 7.07. The van der Waals surface area contributed by atoms with E-state index in [1.807, 2.05) is 43.3 Å². The number of benzene rings is 3. The van der Waals surface area contributed by atoms with Gasteiger partial charge in [0.15, 0.2) is 4.80 Å². The van der Waals surface area contributed by atoms with Gasteiger partial charge in [0.25, 0.3) is 11.2 Å². The molecule has 1 aliphatic heterocycles. The molecule has 0 fully saturated rings. The third-order valence-corrected chi connectivity index (χ3v) is 8.87. The molecule has 0 radical (unpaired) electrons. The van der Waals surface area contributed by atoms with Crippen LogP contribution >= 0.6 is 11.3 Å². The molecule has 0 spiro atoms. The maximum absolute atomic E-state index is 14.3. The minimum Gasteiger partial charge on any atom is -0.497 e. The van der Waals surface area contributed by atoms with Crippen molar-refractivity contribution in [3.05, 3.63) is 119 Å². The number of aromatic nitrogens is 1. The predicted octanol–water partition coefficient (Wildman–Crippen LogP) is 5.92. The second kappa shape index (κ2) is 13.1. The van der Waals surface area contributed by atoms with E-state index < -0.39 is 16.9 Å². The molecular weight excluding hydrogens is 622 g/mol. The van der Waals surface area contributed by atoms with Gasteiger partial charge in [-0.3, -0.25) is 19.5 Å². The minimum atomic E-state index is -0.885. The zero-order chi connectivity index (χ0) is 33.2. The number of methoxy groups -OCH3 is 2. The molecule has 1 aliphatic rings. The van der Waals surface area contributed by atoms with Gasteiger partial charge < -0.3 is 18.6 Å². The Morgan fingerprint density at radius 2 is 1.89 bits per heavy atom. The summed E-state index contributed by atoms with van der Waals surface area (Å²) in [6, 6.07) is 18.3. The van der Waals surface area contributed by atoms with E-state index in [1.165, 1.54) is 29.1 Å². The lowest BCUT2D eigenvalue weighted by Crippen LogP contribution is -2.40. The summed E-state index contributed by atoms with van der Waals surface area (Å²) in [5.41, 5.74) is 1.18. The molecule has 47 heavy (non-hydrogen) atoms. The maximum atomic E-state index is 14.3. The molecule has 1 atom stereocenters. The number of hydrogen-bond donors (Lipinski definition) is 0. The van der Waals surface area contributed by atoms with Crippen molar-refractivity contribution in [2.45, 2.75) is 32.7 Å². The van der Waals surface area contributed by atoms with Crippen molar-refractivity contribution >= 4 is 39.8 Å². The molecule has 0 N–H and O–H groups in total. The number of carbonyl (C=O) groups excluding carboxylic acids is 1. The lowest BCUT2D eigenvalue weighted by atomic mass is 9.90. The molecule has 0 unspecified atom stereocenters. The first kappa shape index (κ1) is 31.5. The van der Waals surface area contributed by atoms with Crippen LogP contribution in [-0.2, 0) is 9.53 Å². The summed E-state index contributed by atoms with van der Waals surface area (Å²) in [4.78, 5) is 44.6. The van der Waals surface area contributed by atoms with Gasteiger partial charge in [-0.05, 0) is 54.4 Å². The van der Waals surface area contributed by atoms with Crippen LogP contribution in [0.2, 0.25) is 0 Å². The fourth-order valence-corrected chi connectivity index (χ4v) is 6.83. The monoisotopic (exact) mass is 653 g/mol. The molecular formula is C35H31N3O8S. The zero-order valence-electron chi connectivity index (χ0n) is 26.1. The Hall–Kier alpha value is -5.49. The number of esters is 1. The molecule has 0 aliphatic carbocycles. The highest BCUT2D eigenvalue weighted by atomic mass is 32.1. The number of fused-ring (bicyclic) bond motifs is 2. The number of nitro groups is 1. The van der Waals surface area contributed by atoms with Crippen molar-refractivity contribution < 1.29 is 28.3 Å². The molecule has 2 aromatic heterocycles. The van der Waals surface area contributed by atoms with E-state index in [0.717, 1.165) is 10.8 Å². The van der Waals surface area contributed by atoms with Gasteiger partial charge in [-0.25, -0.2) is 9.79 Å². The van der Waals surface area contributed by atoms with Crippen LogP contribution in [0, 0.1) is 10.1 Å². The summed E-state index contributed by atoms with van der Waals surface area (Å²) in [7, 11) is 2.99. The lowest BCUT2D eigenvalue weighted by molar-refractivity contribution is -0.384. The minimum absolute atomic E-state index is 0.152. The largest absolute Gasteiger partial charge is 0.497 e. The number of rotatable bonds is 10. The summed E-state index contributed by atoms with van der Waals surface area (Å²) in [5.74, 6) is 0.875. The molecule has 0 bridgehead atoms. The summed E-state index contributed by atoms with van der Waals surface area (Å²) in [6.07, 6.45) is 2.78. The van der Waals surface area contributed by atoms with Crippen molar-refractivity contribution in [2.75, 3.05) is 20.8 Å². The second-order valence-electron chi connectivity index (χ2n) is 10.7. The molecule has 240 valence electrons. The Labute approximate surface area is 272 Å². The molecule has 3 aromatic carbocycles. The number of hydrogen-bond acceptors (Lipinski definition) is 10. The van der Waals surface area contributed by atoms with Crippen molar-refractivity contribution in [2.24, 2.45) is 4.99 Å². The average molecular weight is 654 g/mol. The smallest absolute Gasteiger partial charge is 0.338 e. The molecule has 11 nitrogen and oxygen atoms in total. The Kier molecular flexibility index (Phi) is 8.77. The fourth-order valence-electron chi connectivity index (χ4n) is 5.83. The zero-order valence-corrected chi connectivity index (χ0v) is 27.0. The summed E-state index contributed by atoms with van der Waals surface area (Å²) < 4.78 is 24.4. The highest BCUT2D eigenvalue weighted by Crippen LogP contribution is 2.41. The van der Waals surface area contributed by atoms with Crippen LogP contribution in [0.3, 0.4) is 0 Å². The Morgan fingerprint density at radius 1 is 1.09 bits per heavy atom. The summed E-state index contributed by atoms with van der Waals surface area (Å²) in [5, 5.41) is 13.5. The molecule has 3 heterocycles. The van der Waals surface area contributed by atoms with Crippen LogP contribution in [-0.4, -0.2) is 36.3 Å². The quantitative estimate of drug-likeness (QED) is 0.103. The van der Waals surface area contributed by atoms with Gasteiger partial charge in [0, 0.05) is 11.6 Å². The van der Waals surface area contributed by atoms with Gasteiger partial charge in [-0.15, -0.1) is 0 Å². The Morgan fingerprint density at radius 3 is 2.62 bits per heavy atom. The van der Waals surface area contributed by atoms with Gasteiger partial charge >= 0.3 is 5.97 Å². The number of furan rings is 1. The molecule has 0 saturated heterocycles. The van der Waals surface area contributed by atoms with Crippen LogP contribution in [0.25, 0.3) is 28.2 Å². The number of nitro benzene ring substituents is 1. The first-order valence-electron chi connectivity index (χ1n) is 15.0. The molecule has 0 saturated carbocycles. The fraction of sp³-hybridized carbons (Fsp3) is 0.229. The van der Waals surface area contributed by atoms with Crippen LogP contribution in [0.5, 0.6) is 11.5 Å². The topological polar surface area (TPSA) is 135 Å². The number of thiazole rings is 1. The Bertz CT molecular complexity index is 2240. The number of nitrogens with zero attached hydrogens (tertiary/aromatic N) is 3. The van der Waals surface area contributed by atoms with Gasteiger partial charge in [-0.1, -0.05) is 55.0 Å². The lowest BCUT2D eigenvalue weighted by Gasteiger charge is -2.28. The predicted molar refractivity (Wildman–Crippen MR) is 177 cm³/mol. The molecule has 6 rings (SSSR count). The van der Waals surface area contributed by atoms with E-state index in [9.17, 15) is 19.7 Å². The molecule has 0 amide bonds. The second-order valence-corrected chi connectivity index (χ2v) is 11.7. The first-order chi connectivity index (χ1) is 22.8. The van der Waals surface area contributed by atoms with Crippen molar-refractivity contribution in [3.63, 3.8) is 0 Å². The van der Waals surface area contributed by atoms with Gasteiger partial charge in [0.1, 0.15) is 29.1 Å². The van der Waals surface area contributed by atoms with E-state index in [-0.39, 0.29) is 34.8 Å². The number of allylic oxidation sites excluding steroid dienone is 1. The normalized spacial score (nSPS) is 14.6. The van der Waals surface area contributed by atoms with Crippen molar-refractivity contribution in [3.8, 4) is 22.8 Å². The molecule has 12 heteroatoms. The van der Waals surface area contributed by atoms with Crippen LogP contribution in [0.15, 0.2) is 92.2 Å². The van der Waals surface area contributed by atoms with E-state index in [0.29, 0.717) is 50.7 Å². The van der Waals surface area contributed by atoms with Gasteiger partial charge in [0.05, 0.1) is 53.2 Å². The first-order valence-corrected chi connectivity index (χ1v) is 15.8. The van der Waals surface area contributed by atoms with Crippen LogP contribution in [0.1, 0.15) is 44.1 Å². The average Bonchev–Trinajstić information content (AvgIpc) is 3.67. The summed E-state index contributed by atoms with van der Waals surface area (Å²) in [6.45, 7) is 3.88. The molecule has 5 aromatic rings. The standard InChI is InChI=1S/C35H31N3O8S/c1-5-9-25-31(34(40)45-6-2)32(30-23-11-8-7-10-20(23)12-16-28(30)44-4)37-33(39)29(47-35(37)36-25)19-22-14-17-27(46-22)24-15-13-21(43-3)18-26(24)38(41)42/h7-8,10-19,32H,5-6,9H2,1-4H3/b29-19-/t32-/m0/s1. The van der Waals surface area contributed by atoms with E-state index >= 15 is 0 Å². The van der Waals surface area contributed by atoms with Crippen LogP contribution in [0.4, 0.5) is 5.69 Å². The SMILES string of the molecule is CCCC1=C(C(=O)OCC)[C@H](c2c(OC)ccc3ccccc23)n2c(s/c(=C\c3ccc(-c4ccc(OC)cc4[N+](=O)[O-])o3)c2=O)=N1. The number of ether oxygens (including phenoxy) is 3. The van der Waals surface area contributed by atoms with Gasteiger partial charge in [-0.2, -0.15) is 0 Å². The number of carbonyl (C=O) groups is 1. The highest BCUT2D eigenvalue weighted by Gasteiger charge is 2.37. The van der Waals surface area contributed by atoms with Gasteiger partial charge in [0.2, 0.25) is 0 Å². The van der Waals surface area contributed by atoms with E-state index in [2.05, 4.69) is 0 Å². The van der Waals surface area contributed by atoms with E-state index in [4.69, 9.17) is 23.6 Å². The Balaban J connectivity index is 1.57.